The van der Waals surface area contributed by atoms with Crippen LogP contribution in [0.2, 0.25) is 0 Å². The van der Waals surface area contributed by atoms with Crippen LogP contribution in [0.4, 0.5) is 0 Å². The van der Waals surface area contributed by atoms with E-state index in [0.717, 1.165) is 19.4 Å². The van der Waals surface area contributed by atoms with Crippen molar-refractivity contribution in [2.24, 2.45) is 0 Å². The molecule has 6 heteroatoms. The summed E-state index contributed by atoms with van der Waals surface area (Å²) in [6, 6.07) is 0. The molecule has 0 bridgehead atoms. The lowest BCUT2D eigenvalue weighted by Crippen LogP contribution is -2.53. The van der Waals surface area contributed by atoms with E-state index in [1.807, 2.05) is 0 Å². The number of nitrogens with one attached hydrogen (secondary N) is 3. The van der Waals surface area contributed by atoms with Crippen LogP contribution in [-0.4, -0.2) is 24.2 Å². The number of carbonyl (C=O) groups excluding carboxylic acids is 1. The van der Waals surface area contributed by atoms with Crippen LogP contribution in [0.5, 0.6) is 0 Å². The molecule has 0 atom stereocenters. The molecule has 94 valence electrons. The van der Waals surface area contributed by atoms with Crippen LogP contribution in [0.25, 0.3) is 0 Å². The molecular weight excluding hydrogens is 208 g/mol. The third-order valence-electron chi connectivity index (χ3n) is 2.42. The molecule has 1 fully saturated rings. The van der Waals surface area contributed by atoms with Crippen molar-refractivity contribution in [2.45, 2.75) is 45.4 Å². The number of hydrazine groups is 3. The standard InChI is InChI=1S/C10H22N4O2/c1-10(15)16-14-9-7-5-3-2-4-6-8-11-12-13-14/h11-13H,2-9H2,1H3. The Morgan fingerprint density at radius 1 is 1.12 bits per heavy atom. The van der Waals surface area contributed by atoms with Crippen LogP contribution in [0.15, 0.2) is 0 Å². The minimum atomic E-state index is -0.318. The second kappa shape index (κ2) is 8.46. The monoisotopic (exact) mass is 230 g/mol. The fraction of sp³-hybridized carbons (Fsp3) is 0.900. The molecule has 0 aromatic carbocycles. The van der Waals surface area contributed by atoms with Crippen molar-refractivity contribution in [2.75, 3.05) is 13.1 Å². The zero-order chi connectivity index (χ0) is 11.6. The molecule has 16 heavy (non-hydrogen) atoms. The van der Waals surface area contributed by atoms with Crippen molar-refractivity contribution < 1.29 is 9.63 Å². The van der Waals surface area contributed by atoms with Gasteiger partial charge in [-0.25, -0.2) is 5.43 Å². The summed E-state index contributed by atoms with van der Waals surface area (Å²) < 4.78 is 0. The third kappa shape index (κ3) is 6.73. The second-order valence-electron chi connectivity index (χ2n) is 3.97. The number of nitrogens with zero attached hydrogens (tertiary/aromatic N) is 1. The first-order valence-electron chi connectivity index (χ1n) is 5.98. The van der Waals surface area contributed by atoms with Gasteiger partial charge in [0.05, 0.1) is 6.54 Å². The molecule has 6 nitrogen and oxygen atoms in total. The predicted octanol–water partition coefficient (Wildman–Crippen LogP) is 0.635. The summed E-state index contributed by atoms with van der Waals surface area (Å²) in [5.74, 6) is -0.318. The minimum absolute atomic E-state index is 0.318. The molecule has 1 saturated heterocycles. The van der Waals surface area contributed by atoms with Crippen LogP contribution in [0.3, 0.4) is 0 Å². The molecule has 1 rings (SSSR count). The third-order valence-corrected chi connectivity index (χ3v) is 2.42. The molecule has 1 aliphatic rings. The van der Waals surface area contributed by atoms with Gasteiger partial charge in [0.25, 0.3) is 0 Å². The van der Waals surface area contributed by atoms with Crippen molar-refractivity contribution in [3.8, 4) is 0 Å². The number of hydrogen-bond donors (Lipinski definition) is 3. The van der Waals surface area contributed by atoms with E-state index in [9.17, 15) is 4.79 Å². The Kier molecular flexibility index (Phi) is 7.07. The average Bonchev–Trinajstić information content (AvgIpc) is 2.21. The lowest BCUT2D eigenvalue weighted by Gasteiger charge is -2.22. The Bertz CT molecular complexity index is 189. The van der Waals surface area contributed by atoms with Gasteiger partial charge in [0.15, 0.2) is 0 Å². The highest BCUT2D eigenvalue weighted by molar-refractivity contribution is 5.65. The molecule has 3 N–H and O–H groups in total. The maximum Gasteiger partial charge on any atom is 0.323 e. The summed E-state index contributed by atoms with van der Waals surface area (Å²) in [4.78, 5) is 15.8. The van der Waals surface area contributed by atoms with E-state index in [0.29, 0.717) is 6.54 Å². The highest BCUT2D eigenvalue weighted by Crippen LogP contribution is 2.06. The molecule has 1 aliphatic heterocycles. The second-order valence-corrected chi connectivity index (χ2v) is 3.97. The first-order chi connectivity index (χ1) is 7.79. The highest BCUT2D eigenvalue weighted by Gasteiger charge is 2.07. The van der Waals surface area contributed by atoms with Gasteiger partial charge < -0.3 is 4.84 Å². The summed E-state index contributed by atoms with van der Waals surface area (Å²) in [6.45, 7) is 2.99. The van der Waals surface area contributed by atoms with Gasteiger partial charge in [0, 0.05) is 13.5 Å². The molecule has 0 unspecified atom stereocenters. The van der Waals surface area contributed by atoms with E-state index in [2.05, 4.69) is 16.5 Å². The molecule has 1 heterocycles. The van der Waals surface area contributed by atoms with Gasteiger partial charge in [-0.1, -0.05) is 30.9 Å². The van der Waals surface area contributed by atoms with Gasteiger partial charge >= 0.3 is 5.97 Å². The fourth-order valence-electron chi connectivity index (χ4n) is 1.62. The lowest BCUT2D eigenvalue weighted by atomic mass is 10.1. The summed E-state index contributed by atoms with van der Waals surface area (Å²) >= 11 is 0. The van der Waals surface area contributed by atoms with Crippen molar-refractivity contribution in [1.82, 2.24) is 21.7 Å². The first-order valence-corrected chi connectivity index (χ1v) is 5.98. The van der Waals surface area contributed by atoms with Crippen LogP contribution in [-0.2, 0) is 9.63 Å². The maximum atomic E-state index is 10.8. The van der Waals surface area contributed by atoms with Crippen molar-refractivity contribution in [3.63, 3.8) is 0 Å². The zero-order valence-electron chi connectivity index (χ0n) is 9.92. The van der Waals surface area contributed by atoms with Gasteiger partial charge in [-0.15, -0.1) is 5.53 Å². The average molecular weight is 230 g/mol. The van der Waals surface area contributed by atoms with E-state index in [-0.39, 0.29) is 5.97 Å². The van der Waals surface area contributed by atoms with Crippen LogP contribution in [0.1, 0.15) is 45.4 Å². The highest BCUT2D eigenvalue weighted by atomic mass is 16.7. The maximum absolute atomic E-state index is 10.8. The predicted molar refractivity (Wildman–Crippen MR) is 60.4 cm³/mol. The Morgan fingerprint density at radius 3 is 2.56 bits per heavy atom. The number of hydrogen-bond acceptors (Lipinski definition) is 6. The number of hydroxylamine groups is 1. The molecule has 0 amide bonds. The molecule has 0 radical (unpaired) electrons. The van der Waals surface area contributed by atoms with Crippen molar-refractivity contribution in [1.29, 1.82) is 0 Å². The Labute approximate surface area is 96.6 Å². The zero-order valence-corrected chi connectivity index (χ0v) is 9.92. The lowest BCUT2D eigenvalue weighted by molar-refractivity contribution is -0.211. The fourth-order valence-corrected chi connectivity index (χ4v) is 1.62. The van der Waals surface area contributed by atoms with Crippen LogP contribution in [0, 0.1) is 0 Å². The minimum Gasteiger partial charge on any atom is -0.352 e. The van der Waals surface area contributed by atoms with E-state index in [1.54, 1.807) is 0 Å². The van der Waals surface area contributed by atoms with Crippen molar-refractivity contribution in [3.05, 3.63) is 0 Å². The van der Waals surface area contributed by atoms with Gasteiger partial charge in [0.2, 0.25) is 0 Å². The number of carbonyl (C=O) groups is 1. The van der Waals surface area contributed by atoms with Gasteiger partial charge in [-0.3, -0.25) is 4.79 Å². The quantitative estimate of drug-likeness (QED) is 0.614. The number of rotatable bonds is 1. The summed E-state index contributed by atoms with van der Waals surface area (Å²) in [6.07, 6.45) is 7.14. The molecule has 0 saturated carbocycles. The van der Waals surface area contributed by atoms with E-state index < -0.39 is 0 Å². The van der Waals surface area contributed by atoms with E-state index in [1.165, 1.54) is 37.8 Å². The van der Waals surface area contributed by atoms with Crippen LogP contribution >= 0.6 is 0 Å². The van der Waals surface area contributed by atoms with Gasteiger partial charge in [0.1, 0.15) is 0 Å². The van der Waals surface area contributed by atoms with E-state index in [4.69, 9.17) is 4.84 Å². The smallest absolute Gasteiger partial charge is 0.323 e. The molecule has 0 aliphatic carbocycles. The first kappa shape index (κ1) is 13.4. The van der Waals surface area contributed by atoms with E-state index >= 15 is 0 Å². The summed E-state index contributed by atoms with van der Waals surface area (Å²) in [5.41, 5.74) is 8.62. The Morgan fingerprint density at radius 2 is 1.81 bits per heavy atom. The van der Waals surface area contributed by atoms with Gasteiger partial charge in [-0.05, 0) is 12.8 Å². The largest absolute Gasteiger partial charge is 0.352 e. The molecule has 0 aromatic rings. The molecule has 0 spiro atoms. The normalized spacial score (nSPS) is 21.8. The summed E-state index contributed by atoms with van der Waals surface area (Å²) in [5, 5.41) is 1.43. The van der Waals surface area contributed by atoms with Gasteiger partial charge in [-0.2, -0.15) is 5.53 Å². The Hall–Kier alpha value is -0.690. The SMILES string of the molecule is CC(=O)ON1CCCCCCCCNNN1. The Balaban J connectivity index is 2.27. The van der Waals surface area contributed by atoms with Crippen molar-refractivity contribution >= 4 is 5.97 Å². The summed E-state index contributed by atoms with van der Waals surface area (Å²) in [7, 11) is 0. The topological polar surface area (TPSA) is 65.6 Å². The molecule has 0 aromatic heterocycles. The van der Waals surface area contributed by atoms with Crippen LogP contribution < -0.4 is 16.5 Å². The molecular formula is C10H22N4O2.